The smallest absolute Gasteiger partial charge is 0.381 e. The first-order chi connectivity index (χ1) is 10.1. The molecule has 0 saturated carbocycles. The van der Waals surface area contributed by atoms with Crippen molar-refractivity contribution >= 4 is 23.6 Å². The molecule has 0 atom stereocenters. The summed E-state index contributed by atoms with van der Waals surface area (Å²) >= 11 is 1.37. The molecule has 1 rings (SSSR count). The zero-order valence-electron chi connectivity index (χ0n) is 13.4. The number of halogens is 2. The number of nitrogens with zero attached hydrogens (tertiary/aromatic N) is 1. The normalized spacial score (nSPS) is 13.1. The number of carbonyl (C=O) groups is 1. The largest absolute Gasteiger partial charge is 0.461 e. The van der Waals surface area contributed by atoms with Crippen LogP contribution in [-0.2, 0) is 15.5 Å². The maximum absolute atomic E-state index is 14.0. The molecule has 0 radical (unpaired) electrons. The van der Waals surface area contributed by atoms with Crippen molar-refractivity contribution in [2.24, 2.45) is 4.40 Å². The number of hydrogen-bond donors (Lipinski definition) is 0. The van der Waals surface area contributed by atoms with Crippen LogP contribution in [0.5, 0.6) is 0 Å². The lowest BCUT2D eigenvalue weighted by Crippen LogP contribution is -2.28. The number of carbonyl (C=O) groups excluding carboxylic acids is 1. The fourth-order valence-electron chi connectivity index (χ4n) is 1.54. The summed E-state index contributed by atoms with van der Waals surface area (Å²) in [6, 6.07) is 5.66. The predicted octanol–water partition coefficient (Wildman–Crippen LogP) is 4.60. The van der Waals surface area contributed by atoms with Gasteiger partial charge in [0.25, 0.3) is 0 Å². The van der Waals surface area contributed by atoms with Crippen molar-refractivity contribution in [3.05, 3.63) is 35.4 Å². The van der Waals surface area contributed by atoms with Crippen molar-refractivity contribution in [1.29, 1.82) is 0 Å². The Morgan fingerprint density at radius 1 is 1.32 bits per heavy atom. The zero-order chi connectivity index (χ0) is 17.0. The van der Waals surface area contributed by atoms with Crippen LogP contribution in [0.4, 0.5) is 8.78 Å². The Hall–Kier alpha value is -1.43. The summed E-state index contributed by atoms with van der Waals surface area (Å²) in [5, 5.41) is 0. The van der Waals surface area contributed by atoms with Gasteiger partial charge < -0.3 is 4.74 Å². The van der Waals surface area contributed by atoms with Gasteiger partial charge in [-0.25, -0.2) is 9.19 Å². The molecule has 0 aliphatic heterocycles. The third-order valence-electron chi connectivity index (χ3n) is 2.63. The molecule has 0 unspecified atom stereocenters. The quantitative estimate of drug-likeness (QED) is 0.450. The highest BCUT2D eigenvalue weighted by Gasteiger charge is 2.42. The van der Waals surface area contributed by atoms with Crippen molar-refractivity contribution in [2.45, 2.75) is 45.3 Å². The average Bonchev–Trinajstić information content (AvgIpc) is 2.44. The van der Waals surface area contributed by atoms with Gasteiger partial charge in [-0.05, 0) is 58.2 Å². The number of ether oxygens (including phenoxy) is 1. The summed E-state index contributed by atoms with van der Waals surface area (Å²) in [4.78, 5) is 11.4. The highest BCUT2D eigenvalue weighted by Crippen LogP contribution is 2.31. The Morgan fingerprint density at radius 3 is 2.50 bits per heavy atom. The molecule has 1 aromatic carbocycles. The summed E-state index contributed by atoms with van der Waals surface area (Å²) < 4.78 is 36.8. The molecule has 6 heteroatoms. The standard InChI is InChI=1S/C16H21F2NO2S/c1-6-21-14(20)16(17,18)13-9-7-8-12(10-13)11(2)19-22-15(3,4)5/h7-10H,6H2,1-5H3. The fraction of sp³-hybridized carbons (Fsp3) is 0.500. The Morgan fingerprint density at radius 2 is 1.95 bits per heavy atom. The van der Waals surface area contributed by atoms with E-state index in [9.17, 15) is 13.6 Å². The van der Waals surface area contributed by atoms with Crippen molar-refractivity contribution in [2.75, 3.05) is 6.61 Å². The topological polar surface area (TPSA) is 38.7 Å². The summed E-state index contributed by atoms with van der Waals surface area (Å²) in [5.41, 5.74) is 0.790. The third kappa shape index (κ3) is 5.09. The average molecular weight is 329 g/mol. The summed E-state index contributed by atoms with van der Waals surface area (Å²) in [5.74, 6) is -5.20. The van der Waals surface area contributed by atoms with Gasteiger partial charge in [0, 0.05) is 10.3 Å². The molecule has 3 nitrogen and oxygen atoms in total. The lowest BCUT2D eigenvalue weighted by atomic mass is 10.0. The van der Waals surface area contributed by atoms with Crippen LogP contribution < -0.4 is 0 Å². The van der Waals surface area contributed by atoms with E-state index in [0.29, 0.717) is 11.3 Å². The Balaban J connectivity index is 3.06. The van der Waals surface area contributed by atoms with E-state index in [1.54, 1.807) is 13.0 Å². The molecule has 0 bridgehead atoms. The molecule has 0 spiro atoms. The van der Waals surface area contributed by atoms with E-state index in [1.165, 1.54) is 37.1 Å². The first kappa shape index (κ1) is 18.6. The molecule has 0 fully saturated rings. The SMILES string of the molecule is CCOC(=O)C(F)(F)c1cccc(C(C)=NSC(C)(C)C)c1. The molecule has 0 N–H and O–H groups in total. The van der Waals surface area contributed by atoms with Crippen LogP contribution in [0.3, 0.4) is 0 Å². The minimum atomic E-state index is -3.66. The van der Waals surface area contributed by atoms with E-state index in [1.807, 2.05) is 20.8 Å². The maximum Gasteiger partial charge on any atom is 0.381 e. The molecule has 0 amide bonds. The number of benzene rings is 1. The molecule has 0 aliphatic rings. The van der Waals surface area contributed by atoms with Gasteiger partial charge in [0.05, 0.1) is 12.3 Å². The minimum absolute atomic E-state index is 0.0618. The molecule has 0 saturated heterocycles. The monoisotopic (exact) mass is 329 g/mol. The second-order valence-electron chi connectivity index (χ2n) is 5.76. The highest BCUT2D eigenvalue weighted by molar-refractivity contribution is 7.99. The highest BCUT2D eigenvalue weighted by atomic mass is 32.2. The number of hydrogen-bond acceptors (Lipinski definition) is 4. The fourth-order valence-corrected chi connectivity index (χ4v) is 2.05. The first-order valence-electron chi connectivity index (χ1n) is 6.96. The number of esters is 1. The molecular weight excluding hydrogens is 308 g/mol. The van der Waals surface area contributed by atoms with E-state index < -0.39 is 17.5 Å². The van der Waals surface area contributed by atoms with E-state index in [2.05, 4.69) is 9.13 Å². The Bertz CT molecular complexity index is 566. The number of rotatable bonds is 5. The second-order valence-corrected chi connectivity index (χ2v) is 7.35. The van der Waals surface area contributed by atoms with Crippen LogP contribution in [0.15, 0.2) is 28.7 Å². The van der Waals surface area contributed by atoms with Gasteiger partial charge in [0.1, 0.15) is 0 Å². The third-order valence-corrected chi connectivity index (χ3v) is 3.54. The molecule has 22 heavy (non-hydrogen) atoms. The molecule has 0 aliphatic carbocycles. The second kappa shape index (κ2) is 7.22. The van der Waals surface area contributed by atoms with Crippen LogP contribution in [-0.4, -0.2) is 23.0 Å². The van der Waals surface area contributed by atoms with E-state index in [0.717, 1.165) is 0 Å². The van der Waals surface area contributed by atoms with Gasteiger partial charge in [-0.15, -0.1) is 0 Å². The van der Waals surface area contributed by atoms with Gasteiger partial charge in [-0.1, -0.05) is 18.2 Å². The Kier molecular flexibility index (Phi) is 6.11. The van der Waals surface area contributed by atoms with Crippen molar-refractivity contribution < 1.29 is 18.3 Å². The van der Waals surface area contributed by atoms with Crippen molar-refractivity contribution in [3.63, 3.8) is 0 Å². The maximum atomic E-state index is 14.0. The van der Waals surface area contributed by atoms with Crippen LogP contribution in [0.1, 0.15) is 45.7 Å². The van der Waals surface area contributed by atoms with Crippen LogP contribution in [0.2, 0.25) is 0 Å². The van der Waals surface area contributed by atoms with E-state index in [-0.39, 0.29) is 11.4 Å². The summed E-state index contributed by atoms with van der Waals surface area (Å²) in [6.45, 7) is 9.20. The van der Waals surface area contributed by atoms with E-state index >= 15 is 0 Å². The lowest BCUT2D eigenvalue weighted by molar-refractivity contribution is -0.173. The molecular formula is C16H21F2NO2S. The lowest BCUT2D eigenvalue weighted by Gasteiger charge is -2.16. The van der Waals surface area contributed by atoms with Gasteiger partial charge >= 0.3 is 11.9 Å². The van der Waals surface area contributed by atoms with Gasteiger partial charge in [0.2, 0.25) is 0 Å². The van der Waals surface area contributed by atoms with Gasteiger partial charge in [0.15, 0.2) is 0 Å². The van der Waals surface area contributed by atoms with Crippen LogP contribution >= 0.6 is 11.9 Å². The van der Waals surface area contributed by atoms with Gasteiger partial charge in [-0.3, -0.25) is 0 Å². The first-order valence-corrected chi connectivity index (χ1v) is 7.74. The van der Waals surface area contributed by atoms with Gasteiger partial charge in [-0.2, -0.15) is 8.78 Å². The Labute approximate surface area is 134 Å². The van der Waals surface area contributed by atoms with Crippen molar-refractivity contribution in [1.82, 2.24) is 0 Å². The molecule has 1 aromatic rings. The summed E-state index contributed by atoms with van der Waals surface area (Å²) in [6.07, 6.45) is 0. The van der Waals surface area contributed by atoms with Crippen molar-refractivity contribution in [3.8, 4) is 0 Å². The predicted molar refractivity (Wildman–Crippen MR) is 86.5 cm³/mol. The number of alkyl halides is 2. The minimum Gasteiger partial charge on any atom is -0.461 e. The molecule has 122 valence electrons. The zero-order valence-corrected chi connectivity index (χ0v) is 14.3. The van der Waals surface area contributed by atoms with E-state index in [4.69, 9.17) is 0 Å². The molecule has 0 heterocycles. The summed E-state index contributed by atoms with van der Waals surface area (Å²) in [7, 11) is 0. The van der Waals surface area contributed by atoms with Crippen LogP contribution in [0.25, 0.3) is 0 Å². The molecule has 0 aromatic heterocycles. The van der Waals surface area contributed by atoms with Crippen LogP contribution in [0, 0.1) is 0 Å².